The molecule has 2 rings (SSSR count). The molecule has 20 heavy (non-hydrogen) atoms. The van der Waals surface area contributed by atoms with E-state index in [0.29, 0.717) is 11.1 Å². The van der Waals surface area contributed by atoms with Crippen LogP contribution in [0.15, 0.2) is 24.3 Å². The van der Waals surface area contributed by atoms with Crippen molar-refractivity contribution >= 4 is 34.7 Å². The van der Waals surface area contributed by atoms with Crippen LogP contribution in [0.25, 0.3) is 10.8 Å². The van der Waals surface area contributed by atoms with Crippen molar-refractivity contribution in [2.45, 2.75) is 0 Å². The van der Waals surface area contributed by atoms with E-state index in [1.165, 1.54) is 0 Å². The predicted octanol–water partition coefficient (Wildman–Crippen LogP) is 2.60. The molecule has 0 amide bonds. The maximum Gasteiger partial charge on any atom is 0.152 e. The van der Waals surface area contributed by atoms with Crippen LogP contribution >= 0.6 is 0 Å². The zero-order valence-electron chi connectivity index (χ0n) is 12.2. The van der Waals surface area contributed by atoms with Crippen LogP contribution in [-0.4, -0.2) is 40.8 Å². The summed E-state index contributed by atoms with van der Waals surface area (Å²) in [4.78, 5) is 26.4. The monoisotopic (exact) mass is 270 g/mol. The minimum Gasteiger partial charge on any atom is -0.377 e. The van der Waals surface area contributed by atoms with Crippen molar-refractivity contribution in [3.63, 3.8) is 0 Å². The van der Waals surface area contributed by atoms with Crippen LogP contribution in [0.4, 0.5) is 11.4 Å². The zero-order chi connectivity index (χ0) is 14.9. The minimum atomic E-state index is 0.619. The summed E-state index contributed by atoms with van der Waals surface area (Å²) in [6.45, 7) is 0. The van der Waals surface area contributed by atoms with Crippen molar-refractivity contribution in [1.29, 1.82) is 0 Å². The largest absolute Gasteiger partial charge is 0.377 e. The molecule has 0 atom stereocenters. The Kier molecular flexibility index (Phi) is 3.74. The molecule has 0 aromatic heterocycles. The van der Waals surface area contributed by atoms with Crippen molar-refractivity contribution < 1.29 is 9.59 Å². The van der Waals surface area contributed by atoms with Gasteiger partial charge in [0.15, 0.2) is 12.6 Å². The van der Waals surface area contributed by atoms with E-state index in [9.17, 15) is 9.59 Å². The normalized spacial score (nSPS) is 10.4. The lowest BCUT2D eigenvalue weighted by atomic mass is 9.98. The van der Waals surface area contributed by atoms with Crippen LogP contribution in [0.1, 0.15) is 20.7 Å². The number of hydrogen-bond acceptors (Lipinski definition) is 4. The SMILES string of the molecule is CN(C)c1c(C=O)ccc2ccc(C=O)c(N(C)C)c12. The molecule has 0 aliphatic heterocycles. The van der Waals surface area contributed by atoms with Gasteiger partial charge in [-0.15, -0.1) is 0 Å². The third-order valence-electron chi connectivity index (χ3n) is 3.34. The number of nitrogens with zero attached hydrogens (tertiary/aromatic N) is 2. The Hall–Kier alpha value is -2.36. The molecule has 0 radical (unpaired) electrons. The molecule has 0 N–H and O–H groups in total. The van der Waals surface area contributed by atoms with Gasteiger partial charge >= 0.3 is 0 Å². The van der Waals surface area contributed by atoms with Gasteiger partial charge in [0.2, 0.25) is 0 Å². The Bertz CT molecular complexity index is 621. The second-order valence-electron chi connectivity index (χ2n) is 5.13. The first kappa shape index (κ1) is 14.1. The average Bonchev–Trinajstić information content (AvgIpc) is 2.43. The number of hydrogen-bond donors (Lipinski definition) is 0. The summed E-state index contributed by atoms with van der Waals surface area (Å²) in [5.41, 5.74) is 2.91. The standard InChI is InChI=1S/C16H18N2O2/c1-17(2)15-12(9-19)7-5-11-6-8-13(10-20)16(14(11)15)18(3)4/h5-10H,1-4H3. The van der Waals surface area contributed by atoms with Gasteiger partial charge in [-0.05, 0) is 17.5 Å². The van der Waals surface area contributed by atoms with Gasteiger partial charge in [0.05, 0.1) is 11.4 Å². The molecule has 0 unspecified atom stereocenters. The summed E-state index contributed by atoms with van der Waals surface area (Å²) < 4.78 is 0. The van der Waals surface area contributed by atoms with Crippen LogP contribution in [0, 0.1) is 0 Å². The maximum absolute atomic E-state index is 11.3. The van der Waals surface area contributed by atoms with Crippen LogP contribution in [0.2, 0.25) is 0 Å². The lowest BCUT2D eigenvalue weighted by molar-refractivity contribution is 0.111. The van der Waals surface area contributed by atoms with Gasteiger partial charge < -0.3 is 9.80 Å². The van der Waals surface area contributed by atoms with Crippen molar-refractivity contribution in [3.05, 3.63) is 35.4 Å². The molecule has 0 aliphatic rings. The Labute approximate surface area is 118 Å². The van der Waals surface area contributed by atoms with Gasteiger partial charge in [0.25, 0.3) is 0 Å². The first-order valence-electron chi connectivity index (χ1n) is 6.36. The quantitative estimate of drug-likeness (QED) is 0.801. The van der Waals surface area contributed by atoms with E-state index >= 15 is 0 Å². The molecule has 2 aromatic rings. The van der Waals surface area contributed by atoms with E-state index in [4.69, 9.17) is 0 Å². The molecule has 0 aliphatic carbocycles. The van der Waals surface area contributed by atoms with Gasteiger partial charge in [0.1, 0.15) is 0 Å². The molecular weight excluding hydrogens is 252 g/mol. The number of carbonyl (C=O) groups is 2. The Morgan fingerprint density at radius 1 is 0.750 bits per heavy atom. The highest BCUT2D eigenvalue weighted by Gasteiger charge is 2.16. The van der Waals surface area contributed by atoms with E-state index in [1.54, 1.807) is 0 Å². The molecule has 104 valence electrons. The Morgan fingerprint density at radius 2 is 1.15 bits per heavy atom. The lowest BCUT2D eigenvalue weighted by Gasteiger charge is -2.24. The summed E-state index contributed by atoms with van der Waals surface area (Å²) >= 11 is 0. The molecule has 4 nitrogen and oxygen atoms in total. The highest BCUT2D eigenvalue weighted by atomic mass is 16.1. The molecule has 0 heterocycles. The topological polar surface area (TPSA) is 40.6 Å². The predicted molar refractivity (Wildman–Crippen MR) is 83.4 cm³/mol. The van der Waals surface area contributed by atoms with Crippen molar-refractivity contribution in [2.24, 2.45) is 0 Å². The summed E-state index contributed by atoms with van der Waals surface area (Å²) in [6.07, 6.45) is 1.70. The third-order valence-corrected chi connectivity index (χ3v) is 3.34. The van der Waals surface area contributed by atoms with E-state index in [-0.39, 0.29) is 0 Å². The van der Waals surface area contributed by atoms with E-state index in [1.807, 2.05) is 62.3 Å². The summed E-state index contributed by atoms with van der Waals surface area (Å²) in [5, 5.41) is 1.93. The van der Waals surface area contributed by atoms with E-state index in [2.05, 4.69) is 0 Å². The zero-order valence-corrected chi connectivity index (χ0v) is 12.2. The van der Waals surface area contributed by atoms with Gasteiger partial charge in [-0.25, -0.2) is 0 Å². The van der Waals surface area contributed by atoms with E-state index in [0.717, 1.165) is 34.7 Å². The molecule has 0 saturated heterocycles. The summed E-state index contributed by atoms with van der Waals surface area (Å²) in [5.74, 6) is 0. The number of fused-ring (bicyclic) bond motifs is 1. The average molecular weight is 270 g/mol. The molecule has 0 saturated carbocycles. The van der Waals surface area contributed by atoms with Crippen LogP contribution in [0.5, 0.6) is 0 Å². The molecule has 0 bridgehead atoms. The fourth-order valence-electron chi connectivity index (χ4n) is 2.57. The Morgan fingerprint density at radius 3 is 1.45 bits per heavy atom. The number of carbonyl (C=O) groups excluding carboxylic acids is 2. The fraction of sp³-hybridized carbons (Fsp3) is 0.250. The molecule has 4 heteroatoms. The van der Waals surface area contributed by atoms with Crippen molar-refractivity contribution in [3.8, 4) is 0 Å². The van der Waals surface area contributed by atoms with Crippen LogP contribution < -0.4 is 9.80 Å². The highest BCUT2D eigenvalue weighted by molar-refractivity contribution is 6.12. The molecule has 2 aromatic carbocycles. The molecular formula is C16H18N2O2. The molecule has 0 fully saturated rings. The third kappa shape index (κ3) is 2.13. The van der Waals surface area contributed by atoms with Crippen LogP contribution in [-0.2, 0) is 0 Å². The maximum atomic E-state index is 11.3. The van der Waals surface area contributed by atoms with Gasteiger partial charge in [0, 0.05) is 44.7 Å². The summed E-state index contributed by atoms with van der Waals surface area (Å²) in [6, 6.07) is 7.44. The number of benzene rings is 2. The fourth-order valence-corrected chi connectivity index (χ4v) is 2.57. The van der Waals surface area contributed by atoms with Crippen molar-refractivity contribution in [2.75, 3.05) is 38.0 Å². The van der Waals surface area contributed by atoms with Crippen LogP contribution in [0.3, 0.4) is 0 Å². The number of aldehydes is 2. The van der Waals surface area contributed by atoms with Crippen molar-refractivity contribution in [1.82, 2.24) is 0 Å². The lowest BCUT2D eigenvalue weighted by Crippen LogP contribution is -2.16. The van der Waals surface area contributed by atoms with Gasteiger partial charge in [-0.1, -0.05) is 12.1 Å². The van der Waals surface area contributed by atoms with E-state index < -0.39 is 0 Å². The first-order valence-corrected chi connectivity index (χ1v) is 6.36. The first-order chi connectivity index (χ1) is 9.51. The number of anilines is 2. The van der Waals surface area contributed by atoms with Gasteiger partial charge in [-0.2, -0.15) is 0 Å². The second-order valence-corrected chi connectivity index (χ2v) is 5.13. The molecule has 0 spiro atoms. The second kappa shape index (κ2) is 5.33. The smallest absolute Gasteiger partial charge is 0.152 e. The highest BCUT2D eigenvalue weighted by Crippen LogP contribution is 2.37. The van der Waals surface area contributed by atoms with Gasteiger partial charge in [-0.3, -0.25) is 9.59 Å². The minimum absolute atomic E-state index is 0.619. The summed E-state index contributed by atoms with van der Waals surface area (Å²) in [7, 11) is 7.59. The number of rotatable bonds is 4. The Balaban J connectivity index is 3.03.